The Kier molecular flexibility index (Phi) is 6.34. The molecule has 1 atom stereocenters. The second-order valence-electron chi connectivity index (χ2n) is 8.43. The van der Waals surface area contributed by atoms with Crippen LogP contribution >= 0.6 is 0 Å². The van der Waals surface area contributed by atoms with Crippen LogP contribution in [0.5, 0.6) is 11.5 Å². The number of ether oxygens (including phenoxy) is 2. The van der Waals surface area contributed by atoms with Crippen molar-refractivity contribution in [1.29, 1.82) is 0 Å². The molecule has 0 amide bonds. The lowest BCUT2D eigenvalue weighted by Crippen LogP contribution is -2.21. The van der Waals surface area contributed by atoms with E-state index in [0.717, 1.165) is 34.3 Å². The molecule has 0 saturated heterocycles. The number of hydrogen-bond acceptors (Lipinski definition) is 5. The number of benzene rings is 3. The minimum Gasteiger partial charge on any atom is -0.507 e. The Balaban J connectivity index is 1.86. The van der Waals surface area contributed by atoms with Crippen LogP contribution < -0.4 is 4.74 Å². The molecule has 0 unspecified atom stereocenters. The monoisotopic (exact) mass is 444 g/mol. The normalized spacial score (nSPS) is 15.8. The molecule has 5 heteroatoms. The van der Waals surface area contributed by atoms with Gasteiger partial charge in [0, 0.05) is 22.9 Å². The Bertz CT molecular complexity index is 1270. The van der Waals surface area contributed by atoms with Crippen LogP contribution in [0, 0.1) is 13.8 Å². The molecule has 4 rings (SSSR count). The minimum absolute atomic E-state index is 0.0587. The van der Waals surface area contributed by atoms with E-state index in [1.54, 1.807) is 7.11 Å². The van der Waals surface area contributed by atoms with Crippen molar-refractivity contribution in [2.45, 2.75) is 46.3 Å². The first-order valence-corrected chi connectivity index (χ1v) is 11.1. The summed E-state index contributed by atoms with van der Waals surface area (Å²) in [6.45, 7) is 6.14. The molecule has 0 aliphatic heterocycles. The van der Waals surface area contributed by atoms with Crippen LogP contribution in [-0.2, 0) is 11.3 Å². The van der Waals surface area contributed by atoms with Gasteiger partial charge in [-0.15, -0.1) is 0 Å². The van der Waals surface area contributed by atoms with Gasteiger partial charge in [-0.3, -0.25) is 9.59 Å². The van der Waals surface area contributed by atoms with Crippen LogP contribution in [0.25, 0.3) is 16.8 Å². The van der Waals surface area contributed by atoms with Crippen molar-refractivity contribution in [3.05, 3.63) is 75.4 Å². The van der Waals surface area contributed by atoms with E-state index in [4.69, 9.17) is 9.47 Å². The molecule has 0 bridgehead atoms. The van der Waals surface area contributed by atoms with Crippen LogP contribution in [0.4, 0.5) is 0 Å². The van der Waals surface area contributed by atoms with Gasteiger partial charge in [-0.1, -0.05) is 24.3 Å². The summed E-state index contributed by atoms with van der Waals surface area (Å²) in [6.07, 6.45) is 4.95. The SMILES string of the molecule is C/C=C/c1c(C)cc2c(C=O)c3c(c(O)c2c1C)C(=O)CC[C@@H]3OCc1ccc(OC)cc1. The smallest absolute Gasteiger partial charge is 0.167 e. The third-order valence-electron chi connectivity index (χ3n) is 6.45. The van der Waals surface area contributed by atoms with E-state index in [1.807, 2.05) is 63.3 Å². The number of methoxy groups -OCH3 is 1. The average molecular weight is 445 g/mol. The second kappa shape index (κ2) is 9.20. The minimum atomic E-state index is -0.467. The van der Waals surface area contributed by atoms with Crippen molar-refractivity contribution in [3.8, 4) is 11.5 Å². The number of phenolic OH excluding ortho intramolecular Hbond substituents is 1. The number of aldehydes is 1. The molecule has 0 saturated carbocycles. The third-order valence-corrected chi connectivity index (χ3v) is 6.45. The summed E-state index contributed by atoms with van der Waals surface area (Å²) in [4.78, 5) is 25.3. The number of allylic oxidation sites excluding steroid dienone is 1. The van der Waals surface area contributed by atoms with Gasteiger partial charge in [0.05, 0.1) is 25.4 Å². The fraction of sp³-hybridized carbons (Fsp3) is 0.286. The molecular formula is C28H28O5. The lowest BCUT2D eigenvalue weighted by Gasteiger charge is -2.29. The Morgan fingerprint density at radius 2 is 1.88 bits per heavy atom. The number of Topliss-reactive ketones (excluding diaryl/α,β-unsaturated/α-hetero) is 1. The molecule has 0 radical (unpaired) electrons. The van der Waals surface area contributed by atoms with Crippen LogP contribution in [-0.4, -0.2) is 24.3 Å². The standard InChI is InChI=1S/C28H28O5/c1-5-6-20-16(2)13-21-22(14-29)26-24(33-15-18-7-9-19(32-4)10-8-18)12-11-23(30)27(26)28(31)25(21)17(20)3/h5-10,13-14,24,31H,11-12,15H2,1-4H3/b6-5+/t24-/m0/s1. The van der Waals surface area contributed by atoms with E-state index in [2.05, 4.69) is 0 Å². The summed E-state index contributed by atoms with van der Waals surface area (Å²) >= 11 is 0. The molecule has 3 aromatic rings. The topological polar surface area (TPSA) is 72.8 Å². The fourth-order valence-electron chi connectivity index (χ4n) is 4.83. The number of aromatic hydroxyl groups is 1. The van der Waals surface area contributed by atoms with Crippen molar-refractivity contribution >= 4 is 28.9 Å². The van der Waals surface area contributed by atoms with E-state index in [9.17, 15) is 14.7 Å². The molecule has 5 nitrogen and oxygen atoms in total. The number of carbonyl (C=O) groups excluding carboxylic acids is 2. The van der Waals surface area contributed by atoms with E-state index in [1.165, 1.54) is 0 Å². The molecule has 1 N–H and O–H groups in total. The summed E-state index contributed by atoms with van der Waals surface area (Å²) < 4.78 is 11.4. The highest BCUT2D eigenvalue weighted by molar-refractivity contribution is 6.14. The van der Waals surface area contributed by atoms with Gasteiger partial charge in [0.25, 0.3) is 0 Å². The van der Waals surface area contributed by atoms with Crippen molar-refractivity contribution in [3.63, 3.8) is 0 Å². The Morgan fingerprint density at radius 3 is 2.52 bits per heavy atom. The van der Waals surface area contributed by atoms with E-state index < -0.39 is 6.10 Å². The number of phenols is 1. The van der Waals surface area contributed by atoms with Gasteiger partial charge < -0.3 is 14.6 Å². The molecular weight excluding hydrogens is 416 g/mol. The molecule has 0 aromatic heterocycles. The quantitative estimate of drug-likeness (QED) is 0.455. The third kappa shape index (κ3) is 3.93. The summed E-state index contributed by atoms with van der Waals surface area (Å²) in [5.74, 6) is 0.538. The number of aryl methyl sites for hydroxylation is 2. The van der Waals surface area contributed by atoms with Crippen molar-refractivity contribution in [2.24, 2.45) is 0 Å². The molecule has 0 spiro atoms. The summed E-state index contributed by atoms with van der Waals surface area (Å²) in [6, 6.07) is 9.48. The highest BCUT2D eigenvalue weighted by Gasteiger charge is 2.34. The number of rotatable bonds is 6. The van der Waals surface area contributed by atoms with Gasteiger partial charge in [0.2, 0.25) is 0 Å². The van der Waals surface area contributed by atoms with Gasteiger partial charge in [-0.05, 0) is 73.0 Å². The summed E-state index contributed by atoms with van der Waals surface area (Å²) in [7, 11) is 1.62. The predicted molar refractivity (Wildman–Crippen MR) is 129 cm³/mol. The average Bonchev–Trinajstić information content (AvgIpc) is 2.81. The zero-order valence-corrected chi connectivity index (χ0v) is 19.4. The van der Waals surface area contributed by atoms with Crippen LogP contribution in [0.3, 0.4) is 0 Å². The maximum absolute atomic E-state index is 12.9. The first kappa shape index (κ1) is 22.7. The van der Waals surface area contributed by atoms with Gasteiger partial charge >= 0.3 is 0 Å². The van der Waals surface area contributed by atoms with Crippen LogP contribution in [0.2, 0.25) is 0 Å². The second-order valence-corrected chi connectivity index (χ2v) is 8.43. The maximum Gasteiger partial charge on any atom is 0.167 e. The lowest BCUT2D eigenvalue weighted by atomic mass is 9.80. The van der Waals surface area contributed by atoms with Gasteiger partial charge in [-0.2, -0.15) is 0 Å². The highest BCUT2D eigenvalue weighted by atomic mass is 16.5. The fourth-order valence-corrected chi connectivity index (χ4v) is 4.83. The number of ketones is 1. The zero-order valence-electron chi connectivity index (χ0n) is 19.4. The molecule has 0 fully saturated rings. The van der Waals surface area contributed by atoms with Crippen LogP contribution in [0.15, 0.2) is 36.4 Å². The Hall–Kier alpha value is -3.44. The van der Waals surface area contributed by atoms with Crippen molar-refractivity contribution < 1.29 is 24.2 Å². The van der Waals surface area contributed by atoms with Gasteiger partial charge in [-0.25, -0.2) is 0 Å². The van der Waals surface area contributed by atoms with Gasteiger partial charge in [0.15, 0.2) is 12.1 Å². The van der Waals surface area contributed by atoms with E-state index >= 15 is 0 Å². The Labute approximate surface area is 193 Å². The Morgan fingerprint density at radius 1 is 1.15 bits per heavy atom. The summed E-state index contributed by atoms with van der Waals surface area (Å²) in [5, 5.41) is 12.5. The molecule has 1 aliphatic carbocycles. The first-order valence-electron chi connectivity index (χ1n) is 11.1. The summed E-state index contributed by atoms with van der Waals surface area (Å²) in [5.41, 5.74) is 4.91. The maximum atomic E-state index is 12.9. The van der Waals surface area contributed by atoms with Crippen LogP contribution in [0.1, 0.15) is 74.4 Å². The van der Waals surface area contributed by atoms with Gasteiger partial charge in [0.1, 0.15) is 11.5 Å². The number of fused-ring (bicyclic) bond motifs is 2. The largest absolute Gasteiger partial charge is 0.507 e. The first-order chi connectivity index (χ1) is 15.9. The zero-order chi connectivity index (χ0) is 23.7. The molecule has 0 heterocycles. The number of carbonyl (C=O) groups is 2. The van der Waals surface area contributed by atoms with E-state index in [0.29, 0.717) is 34.9 Å². The molecule has 33 heavy (non-hydrogen) atoms. The van der Waals surface area contributed by atoms with Crippen molar-refractivity contribution in [1.82, 2.24) is 0 Å². The van der Waals surface area contributed by atoms with E-state index in [-0.39, 0.29) is 23.5 Å². The molecule has 3 aromatic carbocycles. The lowest BCUT2D eigenvalue weighted by molar-refractivity contribution is 0.0272. The molecule has 1 aliphatic rings. The predicted octanol–water partition coefficient (Wildman–Crippen LogP) is 6.25. The highest BCUT2D eigenvalue weighted by Crippen LogP contribution is 2.46. The molecule has 170 valence electrons. The number of hydrogen-bond donors (Lipinski definition) is 1. The van der Waals surface area contributed by atoms with Crippen molar-refractivity contribution in [2.75, 3.05) is 7.11 Å².